The van der Waals surface area contributed by atoms with Crippen LogP contribution in [0.4, 0.5) is 17.1 Å². The van der Waals surface area contributed by atoms with Crippen LogP contribution < -0.4 is 10.6 Å². The van der Waals surface area contributed by atoms with Crippen LogP contribution in [0, 0.1) is 21.4 Å². The smallest absolute Gasteiger partial charge is 0.292 e. The fourth-order valence-corrected chi connectivity index (χ4v) is 2.18. The van der Waals surface area contributed by atoms with Crippen molar-refractivity contribution in [2.75, 3.05) is 10.6 Å². The van der Waals surface area contributed by atoms with Crippen LogP contribution in [0.3, 0.4) is 0 Å². The summed E-state index contributed by atoms with van der Waals surface area (Å²) >= 11 is 11.8. The molecule has 2 aromatic carbocycles. The number of hydrogen-bond acceptors (Lipinski definition) is 5. The van der Waals surface area contributed by atoms with E-state index in [9.17, 15) is 14.9 Å². The summed E-state index contributed by atoms with van der Waals surface area (Å²) in [6.07, 6.45) is 1.14. The number of nitrogens with one attached hydrogen (secondary N) is 2. The first-order valence-corrected chi connectivity index (χ1v) is 7.54. The van der Waals surface area contributed by atoms with Gasteiger partial charge >= 0.3 is 0 Å². The van der Waals surface area contributed by atoms with Crippen molar-refractivity contribution < 1.29 is 9.72 Å². The van der Waals surface area contributed by atoms with Gasteiger partial charge in [0.05, 0.1) is 15.6 Å². The molecule has 0 aromatic heterocycles. The molecule has 0 aliphatic rings. The second kappa shape index (κ2) is 8.15. The molecule has 0 aliphatic carbocycles. The van der Waals surface area contributed by atoms with Gasteiger partial charge in [0, 0.05) is 17.3 Å². The summed E-state index contributed by atoms with van der Waals surface area (Å²) in [6, 6.07) is 12.0. The summed E-state index contributed by atoms with van der Waals surface area (Å²) in [6.45, 7) is 0. The number of anilines is 2. The van der Waals surface area contributed by atoms with Crippen LogP contribution in [0.1, 0.15) is 0 Å². The number of rotatable bonds is 5. The Morgan fingerprint density at radius 3 is 2.60 bits per heavy atom. The van der Waals surface area contributed by atoms with E-state index < -0.39 is 10.8 Å². The third-order valence-corrected chi connectivity index (χ3v) is 3.58. The Morgan fingerprint density at radius 1 is 1.20 bits per heavy atom. The van der Waals surface area contributed by atoms with Gasteiger partial charge in [0.1, 0.15) is 17.3 Å². The van der Waals surface area contributed by atoms with Crippen molar-refractivity contribution in [2.24, 2.45) is 0 Å². The first-order chi connectivity index (χ1) is 11.9. The van der Waals surface area contributed by atoms with Crippen molar-refractivity contribution in [1.82, 2.24) is 0 Å². The highest BCUT2D eigenvalue weighted by Crippen LogP contribution is 2.26. The molecule has 126 valence electrons. The molecule has 2 aromatic rings. The lowest BCUT2D eigenvalue weighted by Gasteiger charge is -2.07. The number of para-hydroxylation sites is 2. The third-order valence-electron chi connectivity index (χ3n) is 3.01. The average Bonchev–Trinajstić information content (AvgIpc) is 2.58. The SMILES string of the molecule is N#C/C(=C/Nc1cc(Cl)ccc1Cl)C(=O)Nc1ccccc1[N+](=O)[O-]. The van der Waals surface area contributed by atoms with Crippen molar-refractivity contribution in [3.8, 4) is 6.07 Å². The summed E-state index contributed by atoms with van der Waals surface area (Å²) in [5.41, 5.74) is -0.187. The number of nitrogens with zero attached hydrogens (tertiary/aromatic N) is 2. The minimum absolute atomic E-state index is 0.0144. The van der Waals surface area contributed by atoms with Gasteiger partial charge in [-0.05, 0) is 24.3 Å². The number of benzene rings is 2. The van der Waals surface area contributed by atoms with E-state index in [-0.39, 0.29) is 16.9 Å². The van der Waals surface area contributed by atoms with Crippen molar-refractivity contribution in [3.63, 3.8) is 0 Å². The number of nitro benzene ring substituents is 1. The van der Waals surface area contributed by atoms with Gasteiger partial charge in [0.25, 0.3) is 11.6 Å². The van der Waals surface area contributed by atoms with Gasteiger partial charge in [-0.2, -0.15) is 5.26 Å². The van der Waals surface area contributed by atoms with Crippen LogP contribution in [-0.4, -0.2) is 10.8 Å². The Kier molecular flexibility index (Phi) is 5.95. The molecule has 25 heavy (non-hydrogen) atoms. The zero-order valence-corrected chi connectivity index (χ0v) is 14.0. The average molecular weight is 377 g/mol. The highest BCUT2D eigenvalue weighted by molar-refractivity contribution is 6.35. The van der Waals surface area contributed by atoms with Crippen molar-refractivity contribution >= 4 is 46.2 Å². The standard InChI is InChI=1S/C16H10Cl2N4O3/c17-11-5-6-12(18)14(7-11)20-9-10(8-19)16(23)21-13-3-1-2-4-15(13)22(24)25/h1-7,9,20H,(H,21,23)/b10-9-. The summed E-state index contributed by atoms with van der Waals surface area (Å²) in [5, 5.41) is 25.9. The Hall–Kier alpha value is -3.08. The molecule has 0 atom stereocenters. The number of hydrogen-bond donors (Lipinski definition) is 2. The van der Waals surface area contributed by atoms with Crippen molar-refractivity contribution in [2.45, 2.75) is 0 Å². The van der Waals surface area contributed by atoms with Gasteiger partial charge in [-0.25, -0.2) is 0 Å². The third kappa shape index (κ3) is 4.70. The summed E-state index contributed by atoms with van der Waals surface area (Å²) in [4.78, 5) is 22.5. The van der Waals surface area contributed by atoms with Crippen LogP contribution in [0.5, 0.6) is 0 Å². The van der Waals surface area contributed by atoms with Gasteiger partial charge in [-0.1, -0.05) is 35.3 Å². The molecule has 0 spiro atoms. The van der Waals surface area contributed by atoms with Gasteiger partial charge in [-0.15, -0.1) is 0 Å². The molecule has 1 amide bonds. The minimum atomic E-state index is -0.803. The lowest BCUT2D eigenvalue weighted by atomic mass is 10.2. The number of nitriles is 1. The molecular formula is C16H10Cl2N4O3. The lowest BCUT2D eigenvalue weighted by molar-refractivity contribution is -0.383. The van der Waals surface area contributed by atoms with Gasteiger partial charge in [-0.3, -0.25) is 14.9 Å². The Bertz CT molecular complexity index is 906. The molecule has 0 radical (unpaired) electrons. The zero-order valence-electron chi connectivity index (χ0n) is 12.5. The van der Waals surface area contributed by atoms with E-state index in [0.717, 1.165) is 6.20 Å². The number of carbonyl (C=O) groups is 1. The maximum absolute atomic E-state index is 12.2. The fraction of sp³-hybridized carbons (Fsp3) is 0. The van der Waals surface area contributed by atoms with Crippen LogP contribution >= 0.6 is 23.2 Å². The van der Waals surface area contributed by atoms with Gasteiger partial charge in [0.15, 0.2) is 0 Å². The van der Waals surface area contributed by atoms with E-state index >= 15 is 0 Å². The Morgan fingerprint density at radius 2 is 1.92 bits per heavy atom. The van der Waals surface area contributed by atoms with E-state index in [1.54, 1.807) is 18.2 Å². The second-order valence-corrected chi connectivity index (χ2v) is 5.51. The highest BCUT2D eigenvalue weighted by atomic mass is 35.5. The number of halogens is 2. The molecule has 7 nitrogen and oxygen atoms in total. The van der Waals surface area contributed by atoms with E-state index in [2.05, 4.69) is 10.6 Å². The molecule has 2 rings (SSSR count). The topological polar surface area (TPSA) is 108 Å². The number of amides is 1. The maximum Gasteiger partial charge on any atom is 0.292 e. The largest absolute Gasteiger partial charge is 0.359 e. The molecule has 0 fully saturated rings. The van der Waals surface area contributed by atoms with E-state index in [1.807, 2.05) is 0 Å². The highest BCUT2D eigenvalue weighted by Gasteiger charge is 2.17. The molecule has 0 aliphatic heterocycles. The number of nitro groups is 1. The maximum atomic E-state index is 12.2. The van der Waals surface area contributed by atoms with E-state index in [0.29, 0.717) is 15.7 Å². The normalized spacial score (nSPS) is 10.7. The molecule has 0 saturated heterocycles. The first-order valence-electron chi connectivity index (χ1n) is 6.79. The molecule has 0 unspecified atom stereocenters. The molecule has 0 saturated carbocycles. The summed E-state index contributed by atoms with van der Waals surface area (Å²) in [5.74, 6) is -0.803. The molecular weight excluding hydrogens is 367 g/mol. The van der Waals surface area contributed by atoms with Gasteiger partial charge in [0.2, 0.25) is 0 Å². The first kappa shape index (κ1) is 18.3. The summed E-state index contributed by atoms with van der Waals surface area (Å²) in [7, 11) is 0. The molecule has 0 bridgehead atoms. The Labute approximate surface area is 152 Å². The van der Waals surface area contributed by atoms with Crippen molar-refractivity contribution in [3.05, 3.63) is 74.4 Å². The predicted octanol–water partition coefficient (Wildman–Crippen LogP) is 4.36. The van der Waals surface area contributed by atoms with Crippen LogP contribution in [-0.2, 0) is 4.79 Å². The lowest BCUT2D eigenvalue weighted by Crippen LogP contribution is -2.15. The molecule has 0 heterocycles. The monoisotopic (exact) mass is 376 g/mol. The number of carbonyl (C=O) groups excluding carboxylic acids is 1. The fourth-order valence-electron chi connectivity index (χ4n) is 1.83. The van der Waals surface area contributed by atoms with Crippen LogP contribution in [0.25, 0.3) is 0 Å². The van der Waals surface area contributed by atoms with E-state index in [4.69, 9.17) is 28.5 Å². The molecule has 2 N–H and O–H groups in total. The Balaban J connectivity index is 2.20. The van der Waals surface area contributed by atoms with E-state index in [1.165, 1.54) is 30.3 Å². The predicted molar refractivity (Wildman–Crippen MR) is 95.5 cm³/mol. The second-order valence-electron chi connectivity index (χ2n) is 4.67. The zero-order chi connectivity index (χ0) is 18.4. The van der Waals surface area contributed by atoms with Crippen LogP contribution in [0.2, 0.25) is 10.0 Å². The van der Waals surface area contributed by atoms with Crippen molar-refractivity contribution in [1.29, 1.82) is 5.26 Å². The minimum Gasteiger partial charge on any atom is -0.359 e. The quantitative estimate of drug-likeness (QED) is 0.348. The van der Waals surface area contributed by atoms with Gasteiger partial charge < -0.3 is 10.6 Å². The van der Waals surface area contributed by atoms with Crippen LogP contribution in [0.15, 0.2) is 54.2 Å². The molecule has 9 heteroatoms. The summed E-state index contributed by atoms with van der Waals surface area (Å²) < 4.78 is 0.